The van der Waals surface area contributed by atoms with Gasteiger partial charge in [0.15, 0.2) is 5.13 Å². The molecule has 1 amide bonds. The molecule has 0 bridgehead atoms. The number of nitrogens with one attached hydrogen (secondary N) is 1. The average molecular weight is 417 g/mol. The molecular formula is C21H28N4O3S. The van der Waals surface area contributed by atoms with Gasteiger partial charge in [-0.15, -0.1) is 11.3 Å². The average Bonchev–Trinajstić information content (AvgIpc) is 3.11. The van der Waals surface area contributed by atoms with Crippen LogP contribution in [0.5, 0.6) is 0 Å². The van der Waals surface area contributed by atoms with Gasteiger partial charge in [-0.05, 0) is 12.5 Å². The first-order chi connectivity index (χ1) is 14.2. The van der Waals surface area contributed by atoms with E-state index in [4.69, 9.17) is 9.47 Å². The minimum absolute atomic E-state index is 0.0412. The molecule has 1 aromatic heterocycles. The van der Waals surface area contributed by atoms with E-state index in [2.05, 4.69) is 39.5 Å². The summed E-state index contributed by atoms with van der Waals surface area (Å²) >= 11 is 1.46. The summed E-state index contributed by atoms with van der Waals surface area (Å²) in [5, 5.41) is 5.79. The van der Waals surface area contributed by atoms with Crippen LogP contribution in [0.4, 0.5) is 5.13 Å². The summed E-state index contributed by atoms with van der Waals surface area (Å²) in [7, 11) is 0. The summed E-state index contributed by atoms with van der Waals surface area (Å²) in [6, 6.07) is 10.4. The quantitative estimate of drug-likeness (QED) is 0.807. The molecule has 3 heterocycles. The second-order valence-corrected chi connectivity index (χ2v) is 8.39. The number of rotatable bonds is 5. The number of carbonyl (C=O) groups excluding carboxylic acids is 1. The van der Waals surface area contributed by atoms with Crippen LogP contribution in [0.2, 0.25) is 0 Å². The van der Waals surface area contributed by atoms with Gasteiger partial charge in [0, 0.05) is 38.1 Å². The van der Waals surface area contributed by atoms with Crippen LogP contribution in [-0.2, 0) is 16.0 Å². The molecule has 2 saturated heterocycles. The molecule has 1 unspecified atom stereocenters. The molecule has 1 spiro atoms. The van der Waals surface area contributed by atoms with E-state index >= 15 is 0 Å². The number of aromatic nitrogens is 1. The molecule has 0 radical (unpaired) electrons. The Morgan fingerprint density at radius 2 is 1.97 bits per heavy atom. The maximum absolute atomic E-state index is 13.2. The highest BCUT2D eigenvalue weighted by Gasteiger charge is 2.44. The number of anilines is 1. The number of ether oxygens (including phenoxy) is 2. The molecule has 2 fully saturated rings. The zero-order valence-electron chi connectivity index (χ0n) is 16.8. The third-order valence-corrected chi connectivity index (χ3v) is 6.26. The Bertz CT molecular complexity index is 815. The van der Waals surface area contributed by atoms with Gasteiger partial charge >= 0.3 is 0 Å². The first-order valence-corrected chi connectivity index (χ1v) is 11.0. The van der Waals surface area contributed by atoms with Crippen molar-refractivity contribution >= 4 is 22.4 Å². The highest BCUT2D eigenvalue weighted by atomic mass is 32.1. The topological polar surface area (TPSA) is 66.9 Å². The lowest BCUT2D eigenvalue weighted by molar-refractivity contribution is -0.103. The fourth-order valence-electron chi connectivity index (χ4n) is 3.95. The van der Waals surface area contributed by atoms with Gasteiger partial charge < -0.3 is 19.7 Å². The van der Waals surface area contributed by atoms with Gasteiger partial charge in [0.1, 0.15) is 5.69 Å². The summed E-state index contributed by atoms with van der Waals surface area (Å²) in [5.74, 6) is -0.0412. The number of benzene rings is 1. The van der Waals surface area contributed by atoms with Crippen LogP contribution in [0.1, 0.15) is 23.0 Å². The van der Waals surface area contributed by atoms with Crippen molar-refractivity contribution in [1.29, 1.82) is 0 Å². The molecule has 156 valence electrons. The Morgan fingerprint density at radius 1 is 1.21 bits per heavy atom. The van der Waals surface area contributed by atoms with Gasteiger partial charge in [-0.25, -0.2) is 4.98 Å². The molecule has 1 atom stereocenters. The maximum atomic E-state index is 13.2. The van der Waals surface area contributed by atoms with Crippen LogP contribution in [0, 0.1) is 0 Å². The van der Waals surface area contributed by atoms with Crippen LogP contribution in [-0.4, -0.2) is 78.8 Å². The summed E-state index contributed by atoms with van der Waals surface area (Å²) in [6.07, 6.45) is 0. The molecule has 1 aromatic carbocycles. The van der Waals surface area contributed by atoms with Crippen molar-refractivity contribution in [2.45, 2.75) is 19.0 Å². The summed E-state index contributed by atoms with van der Waals surface area (Å²) in [6.45, 7) is 7.92. The van der Waals surface area contributed by atoms with E-state index in [1.807, 2.05) is 23.3 Å². The van der Waals surface area contributed by atoms with E-state index in [0.717, 1.165) is 24.8 Å². The predicted molar refractivity (Wildman–Crippen MR) is 113 cm³/mol. The minimum Gasteiger partial charge on any atom is -0.378 e. The molecular weight excluding hydrogens is 388 g/mol. The van der Waals surface area contributed by atoms with Crippen molar-refractivity contribution in [2.75, 3.05) is 57.9 Å². The van der Waals surface area contributed by atoms with Crippen molar-refractivity contribution in [3.05, 3.63) is 47.0 Å². The van der Waals surface area contributed by atoms with Gasteiger partial charge in [-0.3, -0.25) is 9.69 Å². The van der Waals surface area contributed by atoms with E-state index in [1.165, 1.54) is 16.9 Å². The van der Waals surface area contributed by atoms with Crippen LogP contribution < -0.4 is 5.32 Å². The smallest absolute Gasteiger partial charge is 0.273 e. The van der Waals surface area contributed by atoms with Crippen molar-refractivity contribution in [3.63, 3.8) is 0 Å². The minimum atomic E-state index is -0.346. The molecule has 0 aliphatic carbocycles. The molecule has 1 N–H and O–H groups in total. The molecule has 4 rings (SSSR count). The van der Waals surface area contributed by atoms with Gasteiger partial charge in [0.25, 0.3) is 5.91 Å². The Labute approximate surface area is 175 Å². The SMILES string of the molecule is CCNc1nc(C(=O)N2CCOCC3(COCCN3Cc3ccccc3)C2)cs1. The van der Waals surface area contributed by atoms with Crippen molar-refractivity contribution < 1.29 is 14.3 Å². The normalized spacial score (nSPS) is 23.1. The van der Waals surface area contributed by atoms with Crippen LogP contribution in [0.3, 0.4) is 0 Å². The van der Waals surface area contributed by atoms with E-state index in [0.29, 0.717) is 45.2 Å². The molecule has 2 aromatic rings. The van der Waals surface area contributed by atoms with Crippen molar-refractivity contribution in [3.8, 4) is 0 Å². The van der Waals surface area contributed by atoms with Gasteiger partial charge in [-0.1, -0.05) is 30.3 Å². The fraction of sp³-hybridized carbons (Fsp3) is 0.524. The lowest BCUT2D eigenvalue weighted by Crippen LogP contribution is -2.63. The third-order valence-electron chi connectivity index (χ3n) is 5.46. The zero-order chi connectivity index (χ0) is 20.1. The molecule has 7 nitrogen and oxygen atoms in total. The lowest BCUT2D eigenvalue weighted by atomic mass is 9.95. The van der Waals surface area contributed by atoms with Gasteiger partial charge in [-0.2, -0.15) is 0 Å². The molecule has 2 aliphatic heterocycles. The zero-order valence-corrected chi connectivity index (χ0v) is 17.6. The molecule has 2 aliphatic rings. The number of morpholine rings is 1. The van der Waals surface area contributed by atoms with Gasteiger partial charge in [0.05, 0.1) is 32.0 Å². The monoisotopic (exact) mass is 416 g/mol. The molecule has 29 heavy (non-hydrogen) atoms. The van der Waals surface area contributed by atoms with Crippen LogP contribution in [0.15, 0.2) is 35.7 Å². The largest absolute Gasteiger partial charge is 0.378 e. The number of thiazole rings is 1. The second kappa shape index (κ2) is 9.21. The Kier molecular flexibility index (Phi) is 6.44. The van der Waals surface area contributed by atoms with E-state index in [1.54, 1.807) is 0 Å². The van der Waals surface area contributed by atoms with Gasteiger partial charge in [0.2, 0.25) is 0 Å². The van der Waals surface area contributed by atoms with E-state index < -0.39 is 0 Å². The molecule has 8 heteroatoms. The number of carbonyl (C=O) groups is 1. The highest BCUT2D eigenvalue weighted by Crippen LogP contribution is 2.27. The number of hydrogen-bond acceptors (Lipinski definition) is 7. The maximum Gasteiger partial charge on any atom is 0.273 e. The Balaban J connectivity index is 1.54. The number of nitrogens with zero attached hydrogens (tertiary/aromatic N) is 3. The third kappa shape index (κ3) is 4.61. The first-order valence-electron chi connectivity index (χ1n) is 10.1. The van der Waals surface area contributed by atoms with E-state index in [-0.39, 0.29) is 11.4 Å². The standard InChI is InChI=1S/C21H28N4O3S/c1-2-22-20-23-18(13-29-20)19(26)24-8-10-27-15-21(14-24)16-28-11-9-25(21)12-17-6-4-3-5-7-17/h3-7,13H,2,8-12,14-16H2,1H3,(H,22,23). The highest BCUT2D eigenvalue weighted by molar-refractivity contribution is 7.13. The summed E-state index contributed by atoms with van der Waals surface area (Å²) in [5.41, 5.74) is 1.40. The van der Waals surface area contributed by atoms with Crippen molar-refractivity contribution in [2.24, 2.45) is 0 Å². The molecule has 0 saturated carbocycles. The fourth-order valence-corrected chi connectivity index (χ4v) is 4.71. The summed E-state index contributed by atoms with van der Waals surface area (Å²) < 4.78 is 11.8. The number of hydrogen-bond donors (Lipinski definition) is 1. The predicted octanol–water partition coefficient (Wildman–Crippen LogP) is 2.32. The Morgan fingerprint density at radius 3 is 2.72 bits per heavy atom. The number of amides is 1. The van der Waals surface area contributed by atoms with E-state index in [9.17, 15) is 4.79 Å². The first kappa shape index (κ1) is 20.3. The Hall–Kier alpha value is -2.00. The van der Waals surface area contributed by atoms with Crippen LogP contribution in [0.25, 0.3) is 0 Å². The second-order valence-electron chi connectivity index (χ2n) is 7.53. The lowest BCUT2D eigenvalue weighted by Gasteiger charge is -2.47. The summed E-state index contributed by atoms with van der Waals surface area (Å²) in [4.78, 5) is 21.9. The van der Waals surface area contributed by atoms with Crippen LogP contribution >= 0.6 is 11.3 Å². The van der Waals surface area contributed by atoms with Crippen molar-refractivity contribution in [1.82, 2.24) is 14.8 Å².